The summed E-state index contributed by atoms with van der Waals surface area (Å²) in [6, 6.07) is 0.333. The van der Waals surface area contributed by atoms with Gasteiger partial charge in [-0.05, 0) is 15.9 Å². The summed E-state index contributed by atoms with van der Waals surface area (Å²) in [5, 5.41) is 12.9. The van der Waals surface area contributed by atoms with E-state index in [4.69, 9.17) is 4.74 Å². The third-order valence-electron chi connectivity index (χ3n) is 2.29. The average Bonchev–Trinajstić information content (AvgIpc) is 2.34. The summed E-state index contributed by atoms with van der Waals surface area (Å²) in [6.07, 6.45) is 0.990. The molecule has 7 heteroatoms. The minimum absolute atomic E-state index is 0.177. The molecule has 1 heterocycles. The molecule has 19 heavy (non-hydrogen) atoms. The van der Waals surface area contributed by atoms with Gasteiger partial charge in [0.05, 0.1) is 6.20 Å². The molecule has 0 amide bonds. The van der Waals surface area contributed by atoms with E-state index in [-0.39, 0.29) is 6.61 Å². The molecule has 0 aliphatic heterocycles. The highest BCUT2D eigenvalue weighted by Gasteiger charge is 2.13. The molecule has 6 nitrogen and oxygen atoms in total. The Hall–Kier alpha value is -0.920. The lowest BCUT2D eigenvalue weighted by Gasteiger charge is -2.18. The molecule has 1 atom stereocenters. The zero-order chi connectivity index (χ0) is 14.4. The normalized spacial score (nSPS) is 12.6. The molecule has 1 aromatic rings. The minimum Gasteiger partial charge on any atom is -0.472 e. The largest absolute Gasteiger partial charge is 0.472 e. The summed E-state index contributed by atoms with van der Waals surface area (Å²) in [6.45, 7) is 4.71. The SMILES string of the molecule is CC(C)NCC(O)COc1ncc(Br)nc1N(C)C. The zero-order valence-corrected chi connectivity index (χ0v) is 13.3. The van der Waals surface area contributed by atoms with Gasteiger partial charge >= 0.3 is 0 Å². The molecule has 0 spiro atoms. The van der Waals surface area contributed by atoms with E-state index >= 15 is 0 Å². The number of nitrogens with one attached hydrogen (secondary N) is 1. The summed E-state index contributed by atoms with van der Waals surface area (Å²) in [7, 11) is 3.72. The molecule has 1 rings (SSSR count). The van der Waals surface area contributed by atoms with Gasteiger partial charge in [0.15, 0.2) is 5.82 Å². The fraction of sp³-hybridized carbons (Fsp3) is 0.667. The first-order valence-corrected chi connectivity index (χ1v) is 6.93. The van der Waals surface area contributed by atoms with Crippen LogP contribution in [0.1, 0.15) is 13.8 Å². The van der Waals surface area contributed by atoms with Crippen LogP contribution in [-0.2, 0) is 0 Å². The number of hydrogen-bond donors (Lipinski definition) is 2. The van der Waals surface area contributed by atoms with Crippen molar-refractivity contribution < 1.29 is 9.84 Å². The summed E-state index contributed by atoms with van der Waals surface area (Å²) in [5.41, 5.74) is 0. The number of aliphatic hydroxyl groups is 1. The Morgan fingerprint density at radius 1 is 1.47 bits per heavy atom. The molecule has 2 N–H and O–H groups in total. The van der Waals surface area contributed by atoms with Crippen molar-refractivity contribution in [3.05, 3.63) is 10.8 Å². The first-order valence-electron chi connectivity index (χ1n) is 6.14. The Balaban J connectivity index is 2.57. The highest BCUT2D eigenvalue weighted by atomic mass is 79.9. The molecule has 0 saturated heterocycles. The van der Waals surface area contributed by atoms with Gasteiger partial charge in [-0.3, -0.25) is 0 Å². The molecule has 0 fully saturated rings. The predicted molar refractivity (Wildman–Crippen MR) is 78.7 cm³/mol. The van der Waals surface area contributed by atoms with Gasteiger partial charge in [0.2, 0.25) is 0 Å². The van der Waals surface area contributed by atoms with Crippen LogP contribution in [0.3, 0.4) is 0 Å². The number of nitrogens with zero attached hydrogens (tertiary/aromatic N) is 3. The van der Waals surface area contributed by atoms with E-state index in [1.54, 1.807) is 6.20 Å². The maximum atomic E-state index is 9.78. The second-order valence-electron chi connectivity index (χ2n) is 4.74. The monoisotopic (exact) mass is 332 g/mol. The lowest BCUT2D eigenvalue weighted by Crippen LogP contribution is -2.35. The molecule has 0 aromatic carbocycles. The van der Waals surface area contributed by atoms with Crippen molar-refractivity contribution in [2.75, 3.05) is 32.1 Å². The lowest BCUT2D eigenvalue weighted by molar-refractivity contribution is 0.102. The number of rotatable bonds is 7. The minimum atomic E-state index is -0.581. The van der Waals surface area contributed by atoms with Crippen molar-refractivity contribution in [1.29, 1.82) is 0 Å². The van der Waals surface area contributed by atoms with Crippen molar-refractivity contribution in [2.24, 2.45) is 0 Å². The Bertz CT molecular complexity index is 401. The first-order chi connectivity index (χ1) is 8.90. The maximum absolute atomic E-state index is 9.78. The van der Waals surface area contributed by atoms with Crippen LogP contribution in [-0.4, -0.2) is 54.5 Å². The molecular formula is C12H21BrN4O2. The van der Waals surface area contributed by atoms with Gasteiger partial charge < -0.3 is 20.1 Å². The van der Waals surface area contributed by atoms with Crippen molar-refractivity contribution in [1.82, 2.24) is 15.3 Å². The second-order valence-corrected chi connectivity index (χ2v) is 5.56. The fourth-order valence-electron chi connectivity index (χ4n) is 1.35. The van der Waals surface area contributed by atoms with E-state index in [2.05, 4.69) is 31.2 Å². The quantitative estimate of drug-likeness (QED) is 0.777. The highest BCUT2D eigenvalue weighted by Crippen LogP contribution is 2.23. The van der Waals surface area contributed by atoms with Gasteiger partial charge in [0.1, 0.15) is 17.3 Å². The van der Waals surface area contributed by atoms with Gasteiger partial charge in [-0.2, -0.15) is 0 Å². The van der Waals surface area contributed by atoms with E-state index in [1.807, 2.05) is 32.8 Å². The number of aliphatic hydroxyl groups excluding tert-OH is 1. The molecule has 0 aliphatic rings. The van der Waals surface area contributed by atoms with Crippen LogP contribution in [0.25, 0.3) is 0 Å². The van der Waals surface area contributed by atoms with Gasteiger partial charge in [0.25, 0.3) is 5.88 Å². The Morgan fingerprint density at radius 3 is 2.74 bits per heavy atom. The number of anilines is 1. The number of hydrogen-bond acceptors (Lipinski definition) is 6. The van der Waals surface area contributed by atoms with Crippen LogP contribution in [0.15, 0.2) is 10.8 Å². The summed E-state index contributed by atoms with van der Waals surface area (Å²) in [5.74, 6) is 1.04. The Kier molecular flexibility index (Phi) is 6.47. The van der Waals surface area contributed by atoms with E-state index in [9.17, 15) is 5.11 Å². The molecule has 0 radical (unpaired) electrons. The smallest absolute Gasteiger partial charge is 0.257 e. The van der Waals surface area contributed by atoms with Crippen molar-refractivity contribution in [3.8, 4) is 5.88 Å². The molecule has 1 unspecified atom stereocenters. The van der Waals surface area contributed by atoms with Crippen LogP contribution in [0, 0.1) is 0 Å². The van der Waals surface area contributed by atoms with Crippen molar-refractivity contribution in [3.63, 3.8) is 0 Å². The summed E-state index contributed by atoms with van der Waals surface area (Å²) >= 11 is 3.27. The van der Waals surface area contributed by atoms with Crippen LogP contribution < -0.4 is 15.0 Å². The van der Waals surface area contributed by atoms with Gasteiger partial charge in [0, 0.05) is 26.7 Å². The van der Waals surface area contributed by atoms with Crippen LogP contribution in [0.5, 0.6) is 5.88 Å². The van der Waals surface area contributed by atoms with Crippen molar-refractivity contribution in [2.45, 2.75) is 26.0 Å². The maximum Gasteiger partial charge on any atom is 0.257 e. The van der Waals surface area contributed by atoms with Crippen molar-refractivity contribution >= 4 is 21.7 Å². The Labute approximate surface area is 122 Å². The van der Waals surface area contributed by atoms with E-state index in [1.165, 1.54) is 0 Å². The third-order valence-corrected chi connectivity index (χ3v) is 2.67. The molecule has 0 saturated carbocycles. The van der Waals surface area contributed by atoms with Crippen LogP contribution in [0.2, 0.25) is 0 Å². The average molecular weight is 333 g/mol. The zero-order valence-electron chi connectivity index (χ0n) is 11.7. The molecule has 0 aliphatic carbocycles. The topological polar surface area (TPSA) is 70.5 Å². The number of ether oxygens (including phenoxy) is 1. The van der Waals surface area contributed by atoms with Crippen LogP contribution >= 0.6 is 15.9 Å². The summed E-state index contributed by atoms with van der Waals surface area (Å²) in [4.78, 5) is 10.3. The first kappa shape index (κ1) is 16.1. The van der Waals surface area contributed by atoms with Gasteiger partial charge in [-0.25, -0.2) is 9.97 Å². The highest BCUT2D eigenvalue weighted by molar-refractivity contribution is 9.10. The lowest BCUT2D eigenvalue weighted by atomic mass is 10.3. The number of aromatic nitrogens is 2. The third kappa shape index (κ3) is 5.71. The standard InChI is InChI=1S/C12H21BrN4O2/c1-8(2)14-5-9(18)7-19-12-11(17(3)4)16-10(13)6-15-12/h6,8-9,14,18H,5,7H2,1-4H3. The fourth-order valence-corrected chi connectivity index (χ4v) is 1.62. The van der Waals surface area contributed by atoms with E-state index in [0.717, 1.165) is 0 Å². The van der Waals surface area contributed by atoms with Gasteiger partial charge in [-0.1, -0.05) is 13.8 Å². The van der Waals surface area contributed by atoms with E-state index in [0.29, 0.717) is 28.9 Å². The van der Waals surface area contributed by atoms with Gasteiger partial charge in [-0.15, -0.1) is 0 Å². The van der Waals surface area contributed by atoms with E-state index < -0.39 is 6.10 Å². The number of halogens is 1. The molecule has 108 valence electrons. The second kappa shape index (κ2) is 7.62. The molecular weight excluding hydrogens is 312 g/mol. The molecule has 1 aromatic heterocycles. The Morgan fingerprint density at radius 2 is 2.16 bits per heavy atom. The van der Waals surface area contributed by atoms with Crippen LogP contribution in [0.4, 0.5) is 5.82 Å². The predicted octanol–water partition coefficient (Wildman–Crippen LogP) is 1.04. The molecule has 0 bridgehead atoms. The summed E-state index contributed by atoms with van der Waals surface area (Å²) < 4.78 is 6.17.